The lowest BCUT2D eigenvalue weighted by Gasteiger charge is -2.28. The number of pyridine rings is 2. The van der Waals surface area contributed by atoms with Crippen LogP contribution in [0.25, 0.3) is 27.6 Å². The Bertz CT molecular complexity index is 1890. The van der Waals surface area contributed by atoms with Crippen LogP contribution < -0.4 is 19.4 Å². The van der Waals surface area contributed by atoms with Gasteiger partial charge >= 0.3 is 0 Å². The first-order valence-corrected chi connectivity index (χ1v) is 12.7. The van der Waals surface area contributed by atoms with Crippen molar-refractivity contribution in [3.05, 3.63) is 97.3 Å². The number of hydrogen-bond acceptors (Lipinski definition) is 6. The molecular formula is C31H24N6O. The molecule has 5 heterocycles. The Labute approximate surface area is 219 Å². The molecule has 3 aromatic heterocycles. The van der Waals surface area contributed by atoms with Crippen molar-refractivity contribution in [2.24, 2.45) is 0 Å². The van der Waals surface area contributed by atoms with Gasteiger partial charge in [-0.25, -0.2) is 9.97 Å². The summed E-state index contributed by atoms with van der Waals surface area (Å²) >= 11 is 0. The van der Waals surface area contributed by atoms with E-state index in [1.165, 1.54) is 22.0 Å². The van der Waals surface area contributed by atoms with Crippen LogP contribution in [-0.2, 0) is 0 Å². The second kappa shape index (κ2) is 7.73. The molecular weight excluding hydrogens is 472 g/mol. The standard InChI is InChI=1S/C31H24N6O/c1-34-19-36(30-26(34)11-5-15-32-30)20-7-3-8-21(17-20)38-22-13-14-23-24-9-4-10-25-29(24)37(28(23)18-22)31-27(35(25)2)12-6-16-33-31/h3-18H,19H2,1-2H3. The molecule has 0 N–H and O–H groups in total. The van der Waals surface area contributed by atoms with Gasteiger partial charge in [0, 0.05) is 55.1 Å². The summed E-state index contributed by atoms with van der Waals surface area (Å²) in [7, 11) is 4.18. The fourth-order valence-corrected chi connectivity index (χ4v) is 5.84. The average molecular weight is 497 g/mol. The Balaban J connectivity index is 1.22. The molecule has 7 heteroatoms. The quantitative estimate of drug-likeness (QED) is 0.263. The van der Waals surface area contributed by atoms with Crippen LogP contribution >= 0.6 is 0 Å². The first-order valence-electron chi connectivity index (χ1n) is 12.7. The van der Waals surface area contributed by atoms with Crippen LogP contribution in [0.2, 0.25) is 0 Å². The molecule has 0 fully saturated rings. The third-order valence-corrected chi connectivity index (χ3v) is 7.59. The molecule has 0 saturated heterocycles. The lowest BCUT2D eigenvalue weighted by atomic mass is 10.1. The van der Waals surface area contributed by atoms with Crippen molar-refractivity contribution < 1.29 is 4.74 Å². The number of benzene rings is 3. The molecule has 0 amide bonds. The van der Waals surface area contributed by atoms with Gasteiger partial charge in [0.25, 0.3) is 0 Å². The highest BCUT2D eigenvalue weighted by Crippen LogP contribution is 2.46. The van der Waals surface area contributed by atoms with E-state index in [9.17, 15) is 0 Å². The molecule has 0 unspecified atom stereocenters. The zero-order valence-corrected chi connectivity index (χ0v) is 21.0. The van der Waals surface area contributed by atoms with Crippen LogP contribution in [0.5, 0.6) is 11.5 Å². The van der Waals surface area contributed by atoms with E-state index in [2.05, 4.69) is 92.9 Å². The Morgan fingerprint density at radius 3 is 2.34 bits per heavy atom. The van der Waals surface area contributed by atoms with Gasteiger partial charge < -0.3 is 19.4 Å². The van der Waals surface area contributed by atoms with E-state index in [1.807, 2.05) is 42.7 Å². The first-order chi connectivity index (χ1) is 18.7. The molecule has 7 nitrogen and oxygen atoms in total. The number of ether oxygens (including phenoxy) is 1. The number of nitrogens with zero attached hydrogens (tertiary/aromatic N) is 6. The van der Waals surface area contributed by atoms with Crippen LogP contribution in [0, 0.1) is 0 Å². The summed E-state index contributed by atoms with van der Waals surface area (Å²) in [5.41, 5.74) is 6.65. The minimum Gasteiger partial charge on any atom is -0.457 e. The maximum Gasteiger partial charge on any atom is 0.161 e. The van der Waals surface area contributed by atoms with Gasteiger partial charge in [-0.05, 0) is 54.6 Å². The van der Waals surface area contributed by atoms with Gasteiger partial charge in [-0.3, -0.25) is 4.57 Å². The summed E-state index contributed by atoms with van der Waals surface area (Å²) in [5, 5.41) is 2.39. The van der Waals surface area contributed by atoms with Crippen molar-refractivity contribution in [2.45, 2.75) is 0 Å². The third kappa shape index (κ3) is 2.90. The predicted octanol–water partition coefficient (Wildman–Crippen LogP) is 6.99. The van der Waals surface area contributed by atoms with Gasteiger partial charge in [-0.1, -0.05) is 18.2 Å². The van der Waals surface area contributed by atoms with Crippen LogP contribution in [0.1, 0.15) is 0 Å². The van der Waals surface area contributed by atoms with Gasteiger partial charge in [0.05, 0.1) is 34.8 Å². The van der Waals surface area contributed by atoms with E-state index in [0.29, 0.717) is 0 Å². The van der Waals surface area contributed by atoms with Crippen molar-refractivity contribution in [1.82, 2.24) is 14.5 Å². The lowest BCUT2D eigenvalue weighted by Crippen LogP contribution is -2.24. The third-order valence-electron chi connectivity index (χ3n) is 7.59. The summed E-state index contributed by atoms with van der Waals surface area (Å²) in [6.07, 6.45) is 3.69. The zero-order chi connectivity index (χ0) is 25.4. The highest BCUT2D eigenvalue weighted by molar-refractivity contribution is 6.15. The monoisotopic (exact) mass is 496 g/mol. The maximum atomic E-state index is 6.45. The van der Waals surface area contributed by atoms with Crippen molar-refractivity contribution in [1.29, 1.82) is 0 Å². The summed E-state index contributed by atoms with van der Waals surface area (Å²) in [5.74, 6) is 3.45. The van der Waals surface area contributed by atoms with Gasteiger partial charge in [-0.2, -0.15) is 0 Å². The number of fused-ring (bicyclic) bond motifs is 6. The van der Waals surface area contributed by atoms with Gasteiger partial charge in [-0.15, -0.1) is 0 Å². The fraction of sp³-hybridized carbons (Fsp3) is 0.0968. The van der Waals surface area contributed by atoms with Crippen LogP contribution in [0.15, 0.2) is 97.3 Å². The summed E-state index contributed by atoms with van der Waals surface area (Å²) in [6, 6.07) is 29.2. The molecule has 0 atom stereocenters. The minimum absolute atomic E-state index is 0.741. The number of para-hydroxylation sites is 1. The van der Waals surface area contributed by atoms with E-state index < -0.39 is 0 Å². The molecule has 8 rings (SSSR count). The zero-order valence-electron chi connectivity index (χ0n) is 21.0. The van der Waals surface area contributed by atoms with Crippen LogP contribution in [0.4, 0.5) is 28.6 Å². The normalized spacial score (nSPS) is 13.8. The van der Waals surface area contributed by atoms with E-state index in [0.717, 1.165) is 52.4 Å². The topological polar surface area (TPSA) is 49.7 Å². The van der Waals surface area contributed by atoms with Crippen LogP contribution in [-0.4, -0.2) is 35.3 Å². The smallest absolute Gasteiger partial charge is 0.161 e. The van der Waals surface area contributed by atoms with Crippen molar-refractivity contribution in [3.8, 4) is 17.3 Å². The average Bonchev–Trinajstić information content (AvgIpc) is 3.47. The van der Waals surface area contributed by atoms with Gasteiger partial charge in [0.2, 0.25) is 0 Å². The highest BCUT2D eigenvalue weighted by atomic mass is 16.5. The number of hydrogen-bond donors (Lipinski definition) is 0. The molecule has 0 aliphatic carbocycles. The first kappa shape index (κ1) is 21.1. The Hall–Kier alpha value is -5.04. The molecule has 2 aliphatic rings. The Kier molecular flexibility index (Phi) is 4.29. The molecule has 184 valence electrons. The van der Waals surface area contributed by atoms with Crippen molar-refractivity contribution in [2.75, 3.05) is 35.5 Å². The largest absolute Gasteiger partial charge is 0.457 e. The van der Waals surface area contributed by atoms with Gasteiger partial charge in [0.1, 0.15) is 11.5 Å². The second-order valence-corrected chi connectivity index (χ2v) is 9.81. The predicted molar refractivity (Wildman–Crippen MR) is 153 cm³/mol. The maximum absolute atomic E-state index is 6.45. The molecule has 3 aromatic carbocycles. The van der Waals surface area contributed by atoms with Crippen molar-refractivity contribution in [3.63, 3.8) is 0 Å². The molecule has 6 aromatic rings. The number of aromatic nitrogens is 3. The SMILES string of the molecule is CN1CN(c2cccc(Oc3ccc4c5cccc6c5n(c4c3)-c3ncccc3N6C)c2)c2ncccc21. The van der Waals surface area contributed by atoms with E-state index in [1.54, 1.807) is 0 Å². The second-order valence-electron chi connectivity index (χ2n) is 9.81. The lowest BCUT2D eigenvalue weighted by molar-refractivity contribution is 0.483. The fourth-order valence-electron chi connectivity index (χ4n) is 5.84. The van der Waals surface area contributed by atoms with E-state index >= 15 is 0 Å². The molecule has 0 spiro atoms. The summed E-state index contributed by atoms with van der Waals surface area (Å²) < 4.78 is 8.71. The summed E-state index contributed by atoms with van der Waals surface area (Å²) in [6.45, 7) is 0.741. The molecule has 0 saturated carbocycles. The Morgan fingerprint density at radius 1 is 0.684 bits per heavy atom. The van der Waals surface area contributed by atoms with Gasteiger partial charge in [0.15, 0.2) is 11.6 Å². The van der Waals surface area contributed by atoms with E-state index in [-0.39, 0.29) is 0 Å². The number of rotatable bonds is 3. The molecule has 0 bridgehead atoms. The van der Waals surface area contributed by atoms with Crippen LogP contribution in [0.3, 0.4) is 0 Å². The van der Waals surface area contributed by atoms with Crippen molar-refractivity contribution >= 4 is 50.4 Å². The Morgan fingerprint density at radius 2 is 1.45 bits per heavy atom. The summed E-state index contributed by atoms with van der Waals surface area (Å²) in [4.78, 5) is 16.0. The molecule has 2 aliphatic heterocycles. The molecule has 0 radical (unpaired) electrons. The molecule has 38 heavy (non-hydrogen) atoms. The van der Waals surface area contributed by atoms with E-state index in [4.69, 9.17) is 9.72 Å². The minimum atomic E-state index is 0.741. The highest BCUT2D eigenvalue weighted by Gasteiger charge is 2.27. The number of anilines is 5.